The first-order valence-corrected chi connectivity index (χ1v) is 7.31. The van der Waals surface area contributed by atoms with Gasteiger partial charge in [-0.2, -0.15) is 0 Å². The first-order valence-electron chi connectivity index (χ1n) is 7.31. The van der Waals surface area contributed by atoms with Crippen LogP contribution < -0.4 is 0 Å². The second-order valence-corrected chi connectivity index (χ2v) is 9.23. The predicted molar refractivity (Wildman–Crippen MR) is 78.7 cm³/mol. The van der Waals surface area contributed by atoms with Gasteiger partial charge in [0, 0.05) is 21.7 Å². The van der Waals surface area contributed by atoms with E-state index in [0.29, 0.717) is 0 Å². The average molecular weight is 288 g/mol. The summed E-state index contributed by atoms with van der Waals surface area (Å²) in [6, 6.07) is 0. The summed E-state index contributed by atoms with van der Waals surface area (Å²) in [5.41, 5.74) is -1.35. The summed E-state index contributed by atoms with van der Waals surface area (Å²) < 4.78 is 0. The minimum Gasteiger partial charge on any atom is -0.365 e. The lowest BCUT2D eigenvalue weighted by Crippen LogP contribution is -2.66. The van der Waals surface area contributed by atoms with Gasteiger partial charge < -0.3 is 20.4 Å². The molecular weight excluding hydrogens is 256 g/mol. The Morgan fingerprint density at radius 2 is 0.600 bits per heavy atom. The molecule has 4 nitrogen and oxygen atoms in total. The molecule has 0 aromatic heterocycles. The van der Waals surface area contributed by atoms with E-state index in [1.54, 1.807) is 0 Å². The zero-order chi connectivity index (χ0) is 16.4. The van der Waals surface area contributed by atoms with Gasteiger partial charge >= 0.3 is 0 Å². The molecule has 2 aliphatic rings. The molecule has 0 heterocycles. The van der Waals surface area contributed by atoms with Crippen LogP contribution in [0.15, 0.2) is 0 Å². The smallest absolute Gasteiger partial charge is 0.172 e. The number of aliphatic hydroxyl groups is 4. The number of rotatable bonds is 0. The van der Waals surface area contributed by atoms with Crippen LogP contribution in [0.3, 0.4) is 0 Å². The Kier molecular flexibility index (Phi) is 3.75. The van der Waals surface area contributed by atoms with Crippen molar-refractivity contribution in [1.29, 1.82) is 0 Å². The fraction of sp³-hybridized carbons (Fsp3) is 1.00. The van der Waals surface area contributed by atoms with Crippen LogP contribution in [0.2, 0.25) is 0 Å². The topological polar surface area (TPSA) is 80.9 Å². The van der Waals surface area contributed by atoms with E-state index in [2.05, 4.69) is 0 Å². The molecule has 2 saturated carbocycles. The van der Waals surface area contributed by atoms with Crippen LogP contribution in [0.4, 0.5) is 0 Å². The van der Waals surface area contributed by atoms with Crippen LogP contribution in [-0.2, 0) is 0 Å². The average Bonchev–Trinajstić information content (AvgIpc) is 2.13. The Morgan fingerprint density at radius 1 is 0.450 bits per heavy atom. The van der Waals surface area contributed by atoms with Crippen LogP contribution in [0.5, 0.6) is 0 Å². The molecule has 0 saturated heterocycles. The highest BCUT2D eigenvalue weighted by molar-refractivity contribution is 5.08. The van der Waals surface area contributed by atoms with Crippen molar-refractivity contribution < 1.29 is 20.4 Å². The van der Waals surface area contributed by atoms with Crippen molar-refractivity contribution in [2.45, 2.75) is 79.8 Å². The summed E-state index contributed by atoms with van der Waals surface area (Å²) in [6.45, 7) is 15.0. The maximum Gasteiger partial charge on any atom is 0.172 e. The first-order chi connectivity index (χ1) is 8.41. The van der Waals surface area contributed by atoms with Crippen molar-refractivity contribution in [3.63, 3.8) is 0 Å². The molecule has 4 heteroatoms. The third kappa shape index (κ3) is 2.21. The molecule has 2 rings (SSSR count). The monoisotopic (exact) mass is 288 g/mol. The molecule has 0 radical (unpaired) electrons. The second-order valence-electron chi connectivity index (χ2n) is 9.23. The first kappa shape index (κ1) is 17.9. The Bertz CT molecular complexity index is 319. The van der Waals surface area contributed by atoms with Gasteiger partial charge in [0.15, 0.2) is 11.6 Å². The van der Waals surface area contributed by atoms with Crippen molar-refractivity contribution in [3.8, 4) is 0 Å². The lowest BCUT2D eigenvalue weighted by molar-refractivity contribution is -0.367. The normalized spacial score (nSPS) is 33.0. The van der Waals surface area contributed by atoms with Crippen molar-refractivity contribution in [3.05, 3.63) is 0 Å². The molecule has 0 spiro atoms. The van der Waals surface area contributed by atoms with Crippen molar-refractivity contribution in [1.82, 2.24) is 0 Å². The molecule has 4 N–H and O–H groups in total. The van der Waals surface area contributed by atoms with E-state index in [4.69, 9.17) is 0 Å². The zero-order valence-corrected chi connectivity index (χ0v) is 14.2. The quantitative estimate of drug-likeness (QED) is 0.515. The Labute approximate surface area is 122 Å². The highest BCUT2D eigenvalue weighted by Crippen LogP contribution is 2.60. The van der Waals surface area contributed by atoms with Gasteiger partial charge in [-0.1, -0.05) is 55.4 Å². The summed E-state index contributed by atoms with van der Waals surface area (Å²) in [6.07, 6.45) is 1.74. The van der Waals surface area contributed by atoms with Gasteiger partial charge in [0.05, 0.1) is 0 Å². The lowest BCUT2D eigenvalue weighted by Gasteiger charge is -2.60. The molecule has 20 heavy (non-hydrogen) atoms. The van der Waals surface area contributed by atoms with Crippen molar-refractivity contribution in [2.75, 3.05) is 0 Å². The molecule has 0 amide bonds. The van der Waals surface area contributed by atoms with E-state index < -0.39 is 11.6 Å². The molecule has 0 aromatic rings. The van der Waals surface area contributed by atoms with Gasteiger partial charge in [0.25, 0.3) is 0 Å². The third-order valence-electron chi connectivity index (χ3n) is 5.54. The van der Waals surface area contributed by atoms with Gasteiger partial charge in [-0.05, 0) is 12.8 Å². The number of hydrogen-bond acceptors (Lipinski definition) is 4. The van der Waals surface area contributed by atoms with E-state index in [1.807, 2.05) is 55.4 Å². The maximum atomic E-state index is 9.52. The molecule has 0 aliphatic heterocycles. The van der Waals surface area contributed by atoms with Gasteiger partial charge in [0.2, 0.25) is 0 Å². The van der Waals surface area contributed by atoms with Gasteiger partial charge in [-0.15, -0.1) is 0 Å². The molecule has 0 atom stereocenters. The Morgan fingerprint density at radius 3 is 0.600 bits per heavy atom. The zero-order valence-electron chi connectivity index (χ0n) is 14.2. The van der Waals surface area contributed by atoms with Crippen LogP contribution in [0.1, 0.15) is 68.2 Å². The molecular formula is C16H32O4. The number of hydrogen-bond donors (Lipinski definition) is 4. The highest BCUT2D eigenvalue weighted by Gasteiger charge is 2.64. The molecule has 0 aromatic carbocycles. The largest absolute Gasteiger partial charge is 0.365 e. The third-order valence-corrected chi connectivity index (χ3v) is 5.54. The van der Waals surface area contributed by atoms with E-state index in [-0.39, 0.29) is 21.7 Å². The minimum atomic E-state index is -1.49. The van der Waals surface area contributed by atoms with Crippen molar-refractivity contribution >= 4 is 0 Å². The molecule has 2 aliphatic carbocycles. The molecule has 0 unspecified atom stereocenters. The van der Waals surface area contributed by atoms with Crippen LogP contribution >= 0.6 is 0 Å². The summed E-state index contributed by atoms with van der Waals surface area (Å²) in [5, 5.41) is 38.1. The van der Waals surface area contributed by atoms with Crippen LogP contribution in [0.25, 0.3) is 0 Å². The van der Waals surface area contributed by atoms with Gasteiger partial charge in [-0.3, -0.25) is 0 Å². The lowest BCUT2D eigenvalue weighted by atomic mass is 9.51. The van der Waals surface area contributed by atoms with Gasteiger partial charge in [0.1, 0.15) is 0 Å². The van der Waals surface area contributed by atoms with Crippen molar-refractivity contribution in [2.24, 2.45) is 21.7 Å². The summed E-state index contributed by atoms with van der Waals surface area (Å²) in [5.74, 6) is -2.97. The molecule has 0 bridgehead atoms. The van der Waals surface area contributed by atoms with E-state index in [0.717, 1.165) is 12.8 Å². The van der Waals surface area contributed by atoms with E-state index in [9.17, 15) is 20.4 Å². The summed E-state index contributed by atoms with van der Waals surface area (Å²) >= 11 is 0. The predicted octanol–water partition coefficient (Wildman–Crippen LogP) is 2.25. The fourth-order valence-corrected chi connectivity index (χ4v) is 4.32. The highest BCUT2D eigenvalue weighted by atomic mass is 16.5. The SMILES string of the molecule is CC1(C)CC(C)(C)C1(O)O.CC1(C)CC(C)(C)C1(O)O. The van der Waals surface area contributed by atoms with E-state index in [1.165, 1.54) is 0 Å². The van der Waals surface area contributed by atoms with E-state index >= 15 is 0 Å². The Hall–Kier alpha value is -0.160. The standard InChI is InChI=1S/2C8H16O2/c2*1-6(2)5-7(3,4)8(6,9)10/h2*9-10H,5H2,1-4H3. The summed E-state index contributed by atoms with van der Waals surface area (Å²) in [7, 11) is 0. The molecule has 120 valence electrons. The minimum absolute atomic E-state index is 0.337. The van der Waals surface area contributed by atoms with Crippen LogP contribution in [0, 0.1) is 21.7 Å². The van der Waals surface area contributed by atoms with Crippen LogP contribution in [-0.4, -0.2) is 32.0 Å². The van der Waals surface area contributed by atoms with Gasteiger partial charge in [-0.25, -0.2) is 0 Å². The Balaban J connectivity index is 0.000000200. The second kappa shape index (κ2) is 4.19. The molecule has 2 fully saturated rings. The fourth-order valence-electron chi connectivity index (χ4n) is 4.32. The summed E-state index contributed by atoms with van der Waals surface area (Å²) in [4.78, 5) is 0. The maximum absolute atomic E-state index is 9.52.